The van der Waals surface area contributed by atoms with Gasteiger partial charge in [0.05, 0.1) is 6.54 Å². The highest BCUT2D eigenvalue weighted by atomic mass is 35.5. The van der Waals surface area contributed by atoms with Gasteiger partial charge in [0.1, 0.15) is 5.82 Å². The van der Waals surface area contributed by atoms with Crippen molar-refractivity contribution in [2.75, 3.05) is 18.5 Å². The number of halogens is 1. The van der Waals surface area contributed by atoms with Gasteiger partial charge in [-0.2, -0.15) is 0 Å². The van der Waals surface area contributed by atoms with Crippen LogP contribution in [0.25, 0.3) is 0 Å². The molecule has 0 bridgehead atoms. The van der Waals surface area contributed by atoms with Crippen LogP contribution in [0.4, 0.5) is 5.82 Å². The summed E-state index contributed by atoms with van der Waals surface area (Å²) >= 11 is 5.73. The maximum Gasteiger partial charge on any atom is 0.239 e. The molecule has 1 N–H and O–H groups in total. The Labute approximate surface area is 106 Å². The summed E-state index contributed by atoms with van der Waals surface area (Å²) in [6.07, 6.45) is 1.64. The standard InChI is InChI=1S/C11H17ClN4O/c1-7(2)14-9(17)6-16(4)10-8(3)5-13-11(12)15-10/h5,7H,6H2,1-4H3,(H,14,17). The Morgan fingerprint density at radius 2 is 2.24 bits per heavy atom. The molecule has 94 valence electrons. The average molecular weight is 257 g/mol. The molecule has 1 heterocycles. The maximum absolute atomic E-state index is 11.6. The third-order valence-electron chi connectivity index (χ3n) is 2.11. The van der Waals surface area contributed by atoms with E-state index in [1.807, 2.05) is 20.8 Å². The minimum Gasteiger partial charge on any atom is -0.352 e. The molecule has 0 aromatic carbocycles. The summed E-state index contributed by atoms with van der Waals surface area (Å²) in [6.45, 7) is 5.96. The van der Waals surface area contributed by atoms with Crippen molar-refractivity contribution in [1.29, 1.82) is 0 Å². The van der Waals surface area contributed by atoms with Crippen LogP contribution in [-0.4, -0.2) is 35.5 Å². The monoisotopic (exact) mass is 256 g/mol. The minimum atomic E-state index is -0.0448. The summed E-state index contributed by atoms with van der Waals surface area (Å²) in [5.41, 5.74) is 0.884. The Bertz CT molecular complexity index is 408. The van der Waals surface area contributed by atoms with Gasteiger partial charge in [-0.1, -0.05) is 0 Å². The van der Waals surface area contributed by atoms with Crippen molar-refractivity contribution in [3.8, 4) is 0 Å². The summed E-state index contributed by atoms with van der Waals surface area (Å²) in [7, 11) is 1.80. The molecule has 17 heavy (non-hydrogen) atoms. The molecule has 1 aromatic rings. The van der Waals surface area contributed by atoms with E-state index in [-0.39, 0.29) is 23.8 Å². The molecule has 1 amide bonds. The smallest absolute Gasteiger partial charge is 0.239 e. The van der Waals surface area contributed by atoms with Gasteiger partial charge in [-0.05, 0) is 32.4 Å². The topological polar surface area (TPSA) is 58.1 Å². The first-order valence-corrected chi connectivity index (χ1v) is 5.77. The molecule has 0 aliphatic heterocycles. The number of nitrogens with one attached hydrogen (secondary N) is 1. The maximum atomic E-state index is 11.6. The van der Waals surface area contributed by atoms with Crippen LogP contribution in [0.3, 0.4) is 0 Å². The fourth-order valence-corrected chi connectivity index (χ4v) is 1.59. The SMILES string of the molecule is Cc1cnc(Cl)nc1N(C)CC(=O)NC(C)C. The van der Waals surface area contributed by atoms with Crippen LogP contribution in [0.5, 0.6) is 0 Å². The largest absolute Gasteiger partial charge is 0.352 e. The van der Waals surface area contributed by atoms with E-state index in [0.29, 0.717) is 5.82 Å². The molecule has 0 fully saturated rings. The molecule has 0 spiro atoms. The van der Waals surface area contributed by atoms with Crippen LogP contribution in [0.15, 0.2) is 6.20 Å². The highest BCUT2D eigenvalue weighted by Gasteiger charge is 2.12. The first-order valence-electron chi connectivity index (χ1n) is 5.39. The fourth-order valence-electron chi connectivity index (χ4n) is 1.46. The number of hydrogen-bond donors (Lipinski definition) is 1. The molecule has 0 atom stereocenters. The second-order valence-corrected chi connectivity index (χ2v) is 4.56. The van der Waals surface area contributed by atoms with Crippen molar-refractivity contribution in [1.82, 2.24) is 15.3 Å². The zero-order valence-electron chi connectivity index (χ0n) is 10.5. The predicted octanol–water partition coefficient (Wildman–Crippen LogP) is 1.40. The van der Waals surface area contributed by atoms with Crippen LogP contribution in [0.1, 0.15) is 19.4 Å². The molecule has 0 aliphatic carbocycles. The Hall–Kier alpha value is -1.36. The number of rotatable bonds is 4. The number of aryl methyl sites for hydroxylation is 1. The fraction of sp³-hybridized carbons (Fsp3) is 0.545. The highest BCUT2D eigenvalue weighted by Crippen LogP contribution is 2.16. The number of hydrogen-bond acceptors (Lipinski definition) is 4. The van der Waals surface area contributed by atoms with Gasteiger partial charge < -0.3 is 10.2 Å². The third-order valence-corrected chi connectivity index (χ3v) is 2.29. The number of nitrogens with zero attached hydrogens (tertiary/aromatic N) is 3. The van der Waals surface area contributed by atoms with Gasteiger partial charge in [0.2, 0.25) is 11.2 Å². The zero-order chi connectivity index (χ0) is 13.0. The number of amides is 1. The first-order chi connectivity index (χ1) is 7.90. The Balaban J connectivity index is 2.72. The van der Waals surface area contributed by atoms with E-state index in [1.54, 1.807) is 18.1 Å². The van der Waals surface area contributed by atoms with E-state index in [9.17, 15) is 4.79 Å². The molecule has 1 rings (SSSR count). The predicted molar refractivity (Wildman–Crippen MR) is 68.3 cm³/mol. The quantitative estimate of drug-likeness (QED) is 0.828. The molecule has 0 radical (unpaired) electrons. The molecule has 6 heteroatoms. The van der Waals surface area contributed by atoms with Gasteiger partial charge in [-0.25, -0.2) is 9.97 Å². The van der Waals surface area contributed by atoms with Crippen molar-refractivity contribution in [3.63, 3.8) is 0 Å². The van der Waals surface area contributed by atoms with Gasteiger partial charge in [-0.3, -0.25) is 4.79 Å². The minimum absolute atomic E-state index is 0.0448. The van der Waals surface area contributed by atoms with Gasteiger partial charge in [-0.15, -0.1) is 0 Å². The van der Waals surface area contributed by atoms with Crippen LogP contribution in [0, 0.1) is 6.92 Å². The summed E-state index contributed by atoms with van der Waals surface area (Å²) in [4.78, 5) is 21.3. The van der Waals surface area contributed by atoms with Gasteiger partial charge >= 0.3 is 0 Å². The van der Waals surface area contributed by atoms with Crippen LogP contribution in [-0.2, 0) is 4.79 Å². The van der Waals surface area contributed by atoms with E-state index < -0.39 is 0 Å². The summed E-state index contributed by atoms with van der Waals surface area (Å²) < 4.78 is 0. The van der Waals surface area contributed by atoms with Crippen LogP contribution in [0.2, 0.25) is 5.28 Å². The van der Waals surface area contributed by atoms with Crippen molar-refractivity contribution < 1.29 is 4.79 Å². The van der Waals surface area contributed by atoms with Crippen LogP contribution < -0.4 is 10.2 Å². The normalized spacial score (nSPS) is 10.5. The Kier molecular flexibility index (Phi) is 4.69. The number of carbonyl (C=O) groups excluding carboxylic acids is 1. The summed E-state index contributed by atoms with van der Waals surface area (Å²) in [5.74, 6) is 0.626. The molecular weight excluding hydrogens is 240 g/mol. The molecule has 0 saturated heterocycles. The van der Waals surface area contributed by atoms with E-state index in [1.165, 1.54) is 0 Å². The van der Waals surface area contributed by atoms with Crippen molar-refractivity contribution in [3.05, 3.63) is 17.0 Å². The molecule has 0 aliphatic rings. The van der Waals surface area contributed by atoms with Crippen molar-refractivity contribution >= 4 is 23.3 Å². The highest BCUT2D eigenvalue weighted by molar-refractivity contribution is 6.28. The van der Waals surface area contributed by atoms with Crippen LogP contribution >= 0.6 is 11.6 Å². The molecular formula is C11H17ClN4O. The van der Waals surface area contributed by atoms with E-state index in [2.05, 4.69) is 15.3 Å². The third kappa shape index (κ3) is 4.19. The van der Waals surface area contributed by atoms with Crippen molar-refractivity contribution in [2.45, 2.75) is 26.8 Å². The lowest BCUT2D eigenvalue weighted by Gasteiger charge is -2.20. The van der Waals surface area contributed by atoms with Gasteiger partial charge in [0.25, 0.3) is 0 Å². The second-order valence-electron chi connectivity index (χ2n) is 4.22. The zero-order valence-corrected chi connectivity index (χ0v) is 11.2. The lowest BCUT2D eigenvalue weighted by atomic mass is 10.3. The molecule has 0 saturated carbocycles. The van der Waals surface area contributed by atoms with Gasteiger partial charge in [0.15, 0.2) is 0 Å². The number of anilines is 1. The van der Waals surface area contributed by atoms with E-state index in [0.717, 1.165) is 5.56 Å². The molecule has 1 aromatic heterocycles. The van der Waals surface area contributed by atoms with E-state index in [4.69, 9.17) is 11.6 Å². The van der Waals surface area contributed by atoms with Gasteiger partial charge in [0, 0.05) is 24.8 Å². The average Bonchev–Trinajstić information content (AvgIpc) is 2.20. The number of aromatic nitrogens is 2. The first kappa shape index (κ1) is 13.7. The second kappa shape index (κ2) is 5.82. The van der Waals surface area contributed by atoms with E-state index >= 15 is 0 Å². The Morgan fingerprint density at radius 1 is 1.59 bits per heavy atom. The lowest BCUT2D eigenvalue weighted by Crippen LogP contribution is -2.39. The molecule has 0 unspecified atom stereocenters. The number of likely N-dealkylation sites (N-methyl/N-ethyl adjacent to an activating group) is 1. The number of carbonyl (C=O) groups is 1. The Morgan fingerprint density at radius 3 is 2.82 bits per heavy atom. The summed E-state index contributed by atoms with van der Waals surface area (Å²) in [6, 6.07) is 0.131. The summed E-state index contributed by atoms with van der Waals surface area (Å²) in [5, 5.41) is 3.00. The van der Waals surface area contributed by atoms with Crippen molar-refractivity contribution in [2.24, 2.45) is 0 Å². The molecule has 5 nitrogen and oxygen atoms in total. The lowest BCUT2D eigenvalue weighted by molar-refractivity contribution is -0.120.